The number of carbonyl (C=O) groups is 2. The minimum absolute atomic E-state index is 0.0360. The zero-order valence-corrected chi connectivity index (χ0v) is 24.0. The van der Waals surface area contributed by atoms with E-state index in [1.54, 1.807) is 19.1 Å². The number of methoxy groups -OCH3 is 2. The van der Waals surface area contributed by atoms with Crippen LogP contribution in [0.15, 0.2) is 24.3 Å². The van der Waals surface area contributed by atoms with Gasteiger partial charge in [-0.1, -0.05) is 24.3 Å². The van der Waals surface area contributed by atoms with Crippen molar-refractivity contribution in [1.82, 2.24) is 4.90 Å². The average molecular weight is 572 g/mol. The van der Waals surface area contributed by atoms with Gasteiger partial charge in [0.1, 0.15) is 17.1 Å². The Kier molecular flexibility index (Phi) is 7.52. The second-order valence-electron chi connectivity index (χ2n) is 11.5. The molecule has 5 rings (SSSR count). The summed E-state index contributed by atoms with van der Waals surface area (Å²) in [5, 5.41) is 45.9. The Hall–Kier alpha value is -2.90. The molecule has 4 N–H and O–H groups in total. The number of likely N-dealkylation sites (N-methyl/N-ethyl adjacent to an activating group) is 1. The first kappa shape index (κ1) is 29.6. The van der Waals surface area contributed by atoms with Crippen LogP contribution in [0.2, 0.25) is 0 Å². The fraction of sp³-hybridized carbons (Fsp3) is 0.533. The molecule has 0 saturated carbocycles. The summed E-state index contributed by atoms with van der Waals surface area (Å²) in [6, 6.07) is 5.90. The highest BCUT2D eigenvalue weighted by molar-refractivity contribution is 6.30. The monoisotopic (exact) mass is 571 g/mol. The first-order valence-corrected chi connectivity index (χ1v) is 13.6. The number of phenolic OH excluding ortho intramolecular Hbond substituents is 2. The zero-order chi connectivity index (χ0) is 30.0. The third kappa shape index (κ3) is 4.47. The molecule has 11 nitrogen and oxygen atoms in total. The number of hydrogen-bond acceptors (Lipinski definition) is 11. The van der Waals surface area contributed by atoms with E-state index < -0.39 is 59.1 Å². The minimum atomic E-state index is -1.81. The molecule has 0 radical (unpaired) electrons. The van der Waals surface area contributed by atoms with E-state index in [-0.39, 0.29) is 58.7 Å². The summed E-state index contributed by atoms with van der Waals surface area (Å²) in [6.07, 6.45) is -3.57. The van der Waals surface area contributed by atoms with E-state index in [2.05, 4.69) is 0 Å². The summed E-state index contributed by atoms with van der Waals surface area (Å²) < 4.78 is 23.5. The minimum Gasteiger partial charge on any atom is -0.507 e. The molecule has 222 valence electrons. The van der Waals surface area contributed by atoms with Gasteiger partial charge in [0.05, 0.1) is 29.4 Å². The van der Waals surface area contributed by atoms with E-state index in [1.165, 1.54) is 33.3 Å². The molecular weight excluding hydrogens is 534 g/mol. The number of aliphatic hydroxyl groups is 2. The van der Waals surface area contributed by atoms with Gasteiger partial charge in [0.15, 0.2) is 23.6 Å². The maximum atomic E-state index is 13.6. The summed E-state index contributed by atoms with van der Waals surface area (Å²) in [5.74, 6) is -3.84. The zero-order valence-electron chi connectivity index (χ0n) is 24.0. The van der Waals surface area contributed by atoms with E-state index in [1.807, 2.05) is 19.0 Å². The van der Waals surface area contributed by atoms with Crippen molar-refractivity contribution in [3.05, 3.63) is 57.6 Å². The number of fused-ring (bicyclic) bond motifs is 3. The molecule has 2 unspecified atom stereocenters. The highest BCUT2D eigenvalue weighted by Gasteiger charge is 2.55. The van der Waals surface area contributed by atoms with Crippen LogP contribution in [0.5, 0.6) is 11.5 Å². The van der Waals surface area contributed by atoms with Crippen molar-refractivity contribution in [2.45, 2.75) is 75.1 Å². The number of aromatic hydroxyl groups is 2. The van der Waals surface area contributed by atoms with Crippen LogP contribution in [0.4, 0.5) is 0 Å². The molecule has 0 bridgehead atoms. The Balaban J connectivity index is 1.68. The van der Waals surface area contributed by atoms with E-state index in [0.29, 0.717) is 0 Å². The molecule has 0 amide bonds. The first-order valence-electron chi connectivity index (χ1n) is 13.6. The molecule has 1 fully saturated rings. The number of ether oxygens (including phenoxy) is 4. The van der Waals surface area contributed by atoms with Gasteiger partial charge in [-0.2, -0.15) is 0 Å². The van der Waals surface area contributed by atoms with Crippen molar-refractivity contribution in [3.8, 4) is 11.5 Å². The molecule has 11 heteroatoms. The molecule has 2 aliphatic carbocycles. The van der Waals surface area contributed by atoms with Crippen LogP contribution in [-0.2, 0) is 25.4 Å². The number of rotatable bonds is 6. The topological polar surface area (TPSA) is 155 Å². The van der Waals surface area contributed by atoms with E-state index in [9.17, 15) is 30.0 Å². The van der Waals surface area contributed by atoms with E-state index in [0.717, 1.165) is 0 Å². The molecule has 0 aromatic heterocycles. The summed E-state index contributed by atoms with van der Waals surface area (Å²) >= 11 is 0. The third-order valence-electron chi connectivity index (χ3n) is 9.05. The largest absolute Gasteiger partial charge is 0.507 e. The summed E-state index contributed by atoms with van der Waals surface area (Å²) in [7, 11) is 6.39. The lowest BCUT2D eigenvalue weighted by Gasteiger charge is -2.49. The summed E-state index contributed by atoms with van der Waals surface area (Å²) in [6.45, 7) is 3.25. The van der Waals surface area contributed by atoms with Gasteiger partial charge in [-0.25, -0.2) is 0 Å². The lowest BCUT2D eigenvalue weighted by Crippen LogP contribution is -2.59. The predicted molar refractivity (Wildman–Crippen MR) is 145 cm³/mol. The molecule has 1 saturated heterocycles. The van der Waals surface area contributed by atoms with E-state index in [4.69, 9.17) is 18.9 Å². The standard InChI is InChI=1S/C30H37NO10/c1-14-24(32)18(31(3)4)11-20(40-14)41-19-13-30(37,29(2,38-5)39-6)12-17-21(19)28(36)23-22(27(17)35)25(33)15-9-7-8-10-16(15)26(23)34/h7-10,14,18-20,24,32,35-37H,11-13H2,1-6H3/t14?,18?,19-,20-,24+,30-/m0/s1. The van der Waals surface area contributed by atoms with Gasteiger partial charge >= 0.3 is 0 Å². The molecule has 2 aromatic rings. The van der Waals surface area contributed by atoms with Crippen LogP contribution in [-0.4, -0.2) is 101 Å². The van der Waals surface area contributed by atoms with Crippen molar-refractivity contribution >= 4 is 11.6 Å². The van der Waals surface area contributed by atoms with Gasteiger partial charge in [0.25, 0.3) is 0 Å². The molecule has 0 spiro atoms. The normalized spacial score (nSPS) is 29.7. The van der Waals surface area contributed by atoms with Gasteiger partial charge < -0.3 is 44.3 Å². The predicted octanol–water partition coefficient (Wildman–Crippen LogP) is 2.04. The summed E-state index contributed by atoms with van der Waals surface area (Å²) in [5.41, 5.74) is -2.13. The SMILES string of the molecule is COC(C)(OC)[C@]1(O)Cc2c(O)c3c(c(O)c2[C@@H](O[C@H]2CC(N(C)C)[C@H](O)C(C)O2)C1)C(=O)c1ccccc1C3=O. The quantitative estimate of drug-likeness (QED) is 0.254. The number of phenols is 2. The highest BCUT2D eigenvalue weighted by atomic mass is 16.7. The maximum Gasteiger partial charge on any atom is 0.198 e. The van der Waals surface area contributed by atoms with Gasteiger partial charge in [-0.15, -0.1) is 0 Å². The summed E-state index contributed by atoms with van der Waals surface area (Å²) in [4.78, 5) is 29.0. The van der Waals surface area contributed by atoms with Crippen LogP contribution < -0.4 is 0 Å². The molecule has 1 heterocycles. The van der Waals surface area contributed by atoms with Crippen molar-refractivity contribution in [2.24, 2.45) is 0 Å². The van der Waals surface area contributed by atoms with Gasteiger partial charge in [0.2, 0.25) is 0 Å². The van der Waals surface area contributed by atoms with Crippen molar-refractivity contribution < 1.29 is 49.0 Å². The molecule has 1 aliphatic heterocycles. The second kappa shape index (κ2) is 10.4. The average Bonchev–Trinajstić information content (AvgIpc) is 2.94. The number of aliphatic hydroxyl groups excluding tert-OH is 1. The molecular formula is C30H37NO10. The van der Waals surface area contributed by atoms with Crippen LogP contribution in [0.3, 0.4) is 0 Å². The van der Waals surface area contributed by atoms with Crippen molar-refractivity contribution in [3.63, 3.8) is 0 Å². The van der Waals surface area contributed by atoms with Gasteiger partial charge in [-0.3, -0.25) is 9.59 Å². The van der Waals surface area contributed by atoms with Crippen LogP contribution in [0.1, 0.15) is 75.8 Å². The van der Waals surface area contributed by atoms with Crippen molar-refractivity contribution in [2.75, 3.05) is 28.3 Å². The first-order chi connectivity index (χ1) is 19.3. The number of ketones is 2. The van der Waals surface area contributed by atoms with Crippen LogP contribution >= 0.6 is 0 Å². The number of carbonyl (C=O) groups excluding carboxylic acids is 2. The Morgan fingerprint density at radius 1 is 1.02 bits per heavy atom. The Labute approximate surface area is 238 Å². The van der Waals surface area contributed by atoms with Crippen LogP contribution in [0.25, 0.3) is 0 Å². The second-order valence-corrected chi connectivity index (χ2v) is 11.5. The molecule has 6 atom stereocenters. The molecule has 3 aliphatic rings. The van der Waals surface area contributed by atoms with E-state index >= 15 is 0 Å². The fourth-order valence-electron chi connectivity index (χ4n) is 6.42. The lowest BCUT2D eigenvalue weighted by molar-refractivity contribution is -0.311. The smallest absolute Gasteiger partial charge is 0.198 e. The number of benzene rings is 2. The maximum absolute atomic E-state index is 13.6. The fourth-order valence-corrected chi connectivity index (χ4v) is 6.42. The Morgan fingerprint density at radius 3 is 2.12 bits per heavy atom. The third-order valence-corrected chi connectivity index (χ3v) is 9.05. The highest BCUT2D eigenvalue weighted by Crippen LogP contribution is 2.54. The van der Waals surface area contributed by atoms with Crippen molar-refractivity contribution in [1.29, 1.82) is 0 Å². The van der Waals surface area contributed by atoms with Gasteiger partial charge in [-0.05, 0) is 27.9 Å². The lowest BCUT2D eigenvalue weighted by atomic mass is 9.70. The Bertz CT molecular complexity index is 1390. The van der Waals surface area contributed by atoms with Crippen LogP contribution in [0, 0.1) is 0 Å². The Morgan fingerprint density at radius 2 is 1.59 bits per heavy atom. The number of nitrogens with zero attached hydrogens (tertiary/aromatic N) is 1. The van der Waals surface area contributed by atoms with Gasteiger partial charge in [0, 0.05) is 61.8 Å². The molecule has 2 aromatic carbocycles. The molecule has 41 heavy (non-hydrogen) atoms. The number of hydrogen-bond donors (Lipinski definition) is 4.